The van der Waals surface area contributed by atoms with E-state index in [4.69, 9.17) is 0 Å². The Morgan fingerprint density at radius 2 is 2.11 bits per heavy atom. The van der Waals surface area contributed by atoms with Gasteiger partial charge < -0.3 is 5.32 Å². The minimum absolute atomic E-state index is 0.149. The van der Waals surface area contributed by atoms with E-state index in [0.29, 0.717) is 12.0 Å². The van der Waals surface area contributed by atoms with Gasteiger partial charge in [-0.05, 0) is 68.3 Å². The second-order valence-electron chi connectivity index (χ2n) is 5.56. The molecule has 0 bridgehead atoms. The Balaban J connectivity index is 2.10. The molecule has 0 saturated heterocycles. The molecular weight excluding hydrogens is 293 g/mol. The van der Waals surface area contributed by atoms with Gasteiger partial charge in [-0.15, -0.1) is 0 Å². The van der Waals surface area contributed by atoms with Gasteiger partial charge in [-0.1, -0.05) is 22.9 Å². The van der Waals surface area contributed by atoms with E-state index in [9.17, 15) is 4.39 Å². The summed E-state index contributed by atoms with van der Waals surface area (Å²) in [5, 5.41) is 3.42. The molecule has 1 fully saturated rings. The second kappa shape index (κ2) is 6.16. The summed E-state index contributed by atoms with van der Waals surface area (Å²) in [6.07, 6.45) is 4.74. The first kappa shape index (κ1) is 14.0. The summed E-state index contributed by atoms with van der Waals surface area (Å²) in [5.74, 6) is 1.26. The minimum atomic E-state index is -0.149. The van der Waals surface area contributed by atoms with Gasteiger partial charge in [0.25, 0.3) is 0 Å². The highest BCUT2D eigenvalue weighted by atomic mass is 79.9. The van der Waals surface area contributed by atoms with Crippen molar-refractivity contribution in [1.82, 2.24) is 5.32 Å². The topological polar surface area (TPSA) is 12.0 Å². The molecule has 2 rings (SSSR count). The predicted octanol–water partition coefficient (Wildman–Crippen LogP) is 4.15. The van der Waals surface area contributed by atoms with Crippen molar-refractivity contribution in [1.29, 1.82) is 0 Å². The van der Waals surface area contributed by atoms with Crippen LogP contribution < -0.4 is 5.32 Å². The number of hydrogen-bond donors (Lipinski definition) is 1. The summed E-state index contributed by atoms with van der Waals surface area (Å²) >= 11 is 3.37. The zero-order valence-corrected chi connectivity index (χ0v) is 12.6. The fourth-order valence-corrected chi connectivity index (χ4v) is 3.65. The molecule has 1 N–H and O–H groups in total. The average molecular weight is 314 g/mol. The molecule has 0 aromatic heterocycles. The molecule has 100 valence electrons. The SMILES string of the molecule is CNC1CCC(C)CC1Cc1cc(F)cc(Br)c1. The Labute approximate surface area is 117 Å². The van der Waals surface area contributed by atoms with Gasteiger partial charge in [0, 0.05) is 10.5 Å². The molecule has 0 amide bonds. The zero-order valence-electron chi connectivity index (χ0n) is 11.0. The Morgan fingerprint density at radius 1 is 1.33 bits per heavy atom. The van der Waals surface area contributed by atoms with Crippen LogP contribution in [0.3, 0.4) is 0 Å². The molecule has 1 aromatic rings. The fourth-order valence-electron chi connectivity index (χ4n) is 3.14. The van der Waals surface area contributed by atoms with Crippen molar-refractivity contribution in [3.05, 3.63) is 34.1 Å². The van der Waals surface area contributed by atoms with E-state index in [1.165, 1.54) is 25.3 Å². The summed E-state index contributed by atoms with van der Waals surface area (Å²) < 4.78 is 14.2. The van der Waals surface area contributed by atoms with Crippen molar-refractivity contribution in [2.75, 3.05) is 7.05 Å². The van der Waals surface area contributed by atoms with Crippen LogP contribution in [0, 0.1) is 17.7 Å². The van der Waals surface area contributed by atoms with Crippen molar-refractivity contribution < 1.29 is 4.39 Å². The average Bonchev–Trinajstić information content (AvgIpc) is 2.27. The van der Waals surface area contributed by atoms with Crippen LogP contribution in [0.1, 0.15) is 31.7 Å². The first-order chi connectivity index (χ1) is 8.58. The highest BCUT2D eigenvalue weighted by molar-refractivity contribution is 9.10. The molecular formula is C15H21BrFN. The first-order valence-corrected chi connectivity index (χ1v) is 7.50. The summed E-state index contributed by atoms with van der Waals surface area (Å²) in [4.78, 5) is 0. The van der Waals surface area contributed by atoms with E-state index >= 15 is 0 Å². The van der Waals surface area contributed by atoms with E-state index in [1.54, 1.807) is 6.07 Å². The first-order valence-electron chi connectivity index (χ1n) is 6.70. The van der Waals surface area contributed by atoms with E-state index < -0.39 is 0 Å². The molecule has 1 saturated carbocycles. The van der Waals surface area contributed by atoms with E-state index in [2.05, 4.69) is 28.2 Å². The molecule has 0 radical (unpaired) electrons. The molecule has 1 aliphatic rings. The lowest BCUT2D eigenvalue weighted by Gasteiger charge is -2.35. The Morgan fingerprint density at radius 3 is 2.78 bits per heavy atom. The predicted molar refractivity (Wildman–Crippen MR) is 77.2 cm³/mol. The van der Waals surface area contributed by atoms with E-state index in [0.717, 1.165) is 22.4 Å². The second-order valence-corrected chi connectivity index (χ2v) is 6.47. The highest BCUT2D eigenvalue weighted by Crippen LogP contribution is 2.32. The number of nitrogens with one attached hydrogen (secondary N) is 1. The number of benzene rings is 1. The maximum Gasteiger partial charge on any atom is 0.124 e. The molecule has 3 heteroatoms. The van der Waals surface area contributed by atoms with Gasteiger partial charge in [0.1, 0.15) is 5.82 Å². The Kier molecular flexibility index (Phi) is 4.79. The fraction of sp³-hybridized carbons (Fsp3) is 0.600. The third-order valence-corrected chi connectivity index (χ3v) is 4.49. The van der Waals surface area contributed by atoms with Gasteiger partial charge >= 0.3 is 0 Å². The van der Waals surface area contributed by atoms with Crippen LogP contribution in [0.4, 0.5) is 4.39 Å². The quantitative estimate of drug-likeness (QED) is 0.883. The van der Waals surface area contributed by atoms with Crippen LogP contribution in [0.2, 0.25) is 0 Å². The van der Waals surface area contributed by atoms with Crippen molar-refractivity contribution in [3.63, 3.8) is 0 Å². The Hall–Kier alpha value is -0.410. The van der Waals surface area contributed by atoms with Gasteiger partial charge in [-0.25, -0.2) is 4.39 Å². The summed E-state index contributed by atoms with van der Waals surface area (Å²) in [7, 11) is 2.04. The molecule has 0 heterocycles. The van der Waals surface area contributed by atoms with E-state index in [-0.39, 0.29) is 5.82 Å². The molecule has 1 nitrogen and oxygen atoms in total. The molecule has 0 aliphatic heterocycles. The normalized spacial score (nSPS) is 28.3. The third-order valence-electron chi connectivity index (χ3n) is 4.04. The lowest BCUT2D eigenvalue weighted by molar-refractivity contribution is 0.220. The van der Waals surface area contributed by atoms with Crippen LogP contribution in [0.25, 0.3) is 0 Å². The van der Waals surface area contributed by atoms with Gasteiger partial charge in [0.15, 0.2) is 0 Å². The number of hydrogen-bond acceptors (Lipinski definition) is 1. The largest absolute Gasteiger partial charge is 0.317 e. The van der Waals surface area contributed by atoms with Crippen LogP contribution >= 0.6 is 15.9 Å². The number of rotatable bonds is 3. The lowest BCUT2D eigenvalue weighted by Crippen LogP contribution is -2.39. The molecule has 1 aromatic carbocycles. The zero-order chi connectivity index (χ0) is 13.1. The molecule has 3 atom stereocenters. The van der Waals surface area contributed by atoms with Crippen LogP contribution in [-0.2, 0) is 6.42 Å². The maximum atomic E-state index is 13.4. The Bertz CT molecular complexity index is 387. The summed E-state index contributed by atoms with van der Waals surface area (Å²) in [5.41, 5.74) is 1.10. The summed E-state index contributed by atoms with van der Waals surface area (Å²) in [6.45, 7) is 2.32. The van der Waals surface area contributed by atoms with Gasteiger partial charge in [0.05, 0.1) is 0 Å². The standard InChI is InChI=1S/C15H21BrFN/c1-10-3-4-15(18-2)12(5-10)6-11-7-13(16)9-14(17)8-11/h7-10,12,15,18H,3-6H2,1-2H3. The maximum absolute atomic E-state index is 13.4. The molecule has 1 aliphatic carbocycles. The van der Waals surface area contributed by atoms with Crippen LogP contribution in [-0.4, -0.2) is 13.1 Å². The molecule has 3 unspecified atom stereocenters. The monoisotopic (exact) mass is 313 g/mol. The minimum Gasteiger partial charge on any atom is -0.317 e. The van der Waals surface area contributed by atoms with E-state index in [1.807, 2.05) is 13.1 Å². The van der Waals surface area contributed by atoms with Crippen molar-refractivity contribution in [2.45, 2.75) is 38.6 Å². The van der Waals surface area contributed by atoms with Crippen molar-refractivity contribution in [3.8, 4) is 0 Å². The van der Waals surface area contributed by atoms with Crippen molar-refractivity contribution in [2.24, 2.45) is 11.8 Å². The van der Waals surface area contributed by atoms with Gasteiger partial charge in [0.2, 0.25) is 0 Å². The summed E-state index contributed by atoms with van der Waals surface area (Å²) in [6, 6.07) is 5.79. The highest BCUT2D eigenvalue weighted by Gasteiger charge is 2.27. The van der Waals surface area contributed by atoms with Gasteiger partial charge in [-0.2, -0.15) is 0 Å². The number of halogens is 2. The smallest absolute Gasteiger partial charge is 0.124 e. The molecule has 18 heavy (non-hydrogen) atoms. The van der Waals surface area contributed by atoms with Gasteiger partial charge in [-0.3, -0.25) is 0 Å². The third kappa shape index (κ3) is 3.55. The van der Waals surface area contributed by atoms with Crippen molar-refractivity contribution >= 4 is 15.9 Å². The molecule has 0 spiro atoms. The van der Waals surface area contributed by atoms with Crippen LogP contribution in [0.15, 0.2) is 22.7 Å². The lowest BCUT2D eigenvalue weighted by atomic mass is 9.76. The van der Waals surface area contributed by atoms with Crippen LogP contribution in [0.5, 0.6) is 0 Å².